The Labute approximate surface area is 80.2 Å². The molecule has 13 heavy (non-hydrogen) atoms. The summed E-state index contributed by atoms with van der Waals surface area (Å²) in [6.07, 6.45) is 7.38. The zero-order chi connectivity index (χ0) is 9.36. The first kappa shape index (κ1) is 9.83. The summed E-state index contributed by atoms with van der Waals surface area (Å²) in [6, 6.07) is 10.5. The Kier molecular flexibility index (Phi) is 4.74. The third-order valence-electron chi connectivity index (χ3n) is 1.89. The number of nitrogens with one attached hydrogen (secondary N) is 1. The first-order chi connectivity index (χ1) is 6.43. The molecule has 0 heterocycles. The van der Waals surface area contributed by atoms with Crippen molar-refractivity contribution in [1.82, 2.24) is 5.32 Å². The number of hydrogen-bond acceptors (Lipinski definition) is 1. The third kappa shape index (κ3) is 4.35. The topological polar surface area (TPSA) is 12.0 Å². The van der Waals surface area contributed by atoms with Gasteiger partial charge in [0.1, 0.15) is 0 Å². The van der Waals surface area contributed by atoms with Crippen LogP contribution in [0.4, 0.5) is 0 Å². The second-order valence-electron chi connectivity index (χ2n) is 2.97. The summed E-state index contributed by atoms with van der Waals surface area (Å²) >= 11 is 0. The van der Waals surface area contributed by atoms with E-state index in [0.717, 1.165) is 19.4 Å². The Morgan fingerprint density at radius 3 is 2.69 bits per heavy atom. The SMILES string of the molecule is C#CCNCCCc1ccccc1. The van der Waals surface area contributed by atoms with Gasteiger partial charge in [-0.05, 0) is 24.9 Å². The van der Waals surface area contributed by atoms with Gasteiger partial charge in [-0.15, -0.1) is 6.42 Å². The fourth-order valence-corrected chi connectivity index (χ4v) is 1.22. The highest BCUT2D eigenvalue weighted by Gasteiger charge is 1.90. The van der Waals surface area contributed by atoms with E-state index >= 15 is 0 Å². The lowest BCUT2D eigenvalue weighted by atomic mass is 10.1. The standard InChI is InChI=1S/C12H15N/c1-2-10-13-11-6-9-12-7-4-3-5-8-12/h1,3-5,7-8,13H,6,9-11H2. The lowest BCUT2D eigenvalue weighted by Gasteiger charge is -2.01. The highest BCUT2D eigenvalue weighted by atomic mass is 14.8. The Balaban J connectivity index is 2.11. The molecule has 0 fully saturated rings. The van der Waals surface area contributed by atoms with Crippen LogP contribution in [0.15, 0.2) is 30.3 Å². The smallest absolute Gasteiger partial charge is 0.0573 e. The summed E-state index contributed by atoms with van der Waals surface area (Å²) < 4.78 is 0. The average Bonchev–Trinajstić information content (AvgIpc) is 2.19. The molecule has 0 saturated carbocycles. The predicted octanol–water partition coefficient (Wildman–Crippen LogP) is 1.84. The lowest BCUT2D eigenvalue weighted by Crippen LogP contribution is -2.15. The Bertz CT molecular complexity index is 258. The van der Waals surface area contributed by atoms with Gasteiger partial charge < -0.3 is 5.32 Å². The van der Waals surface area contributed by atoms with Crippen molar-refractivity contribution in [1.29, 1.82) is 0 Å². The molecule has 0 spiro atoms. The monoisotopic (exact) mass is 173 g/mol. The average molecular weight is 173 g/mol. The van der Waals surface area contributed by atoms with Crippen LogP contribution in [0.1, 0.15) is 12.0 Å². The zero-order valence-electron chi connectivity index (χ0n) is 7.79. The van der Waals surface area contributed by atoms with Crippen LogP contribution >= 0.6 is 0 Å². The molecule has 0 aromatic heterocycles. The van der Waals surface area contributed by atoms with Crippen LogP contribution in [0, 0.1) is 12.3 Å². The third-order valence-corrected chi connectivity index (χ3v) is 1.89. The first-order valence-electron chi connectivity index (χ1n) is 4.61. The van der Waals surface area contributed by atoms with Crippen LogP contribution in [0.2, 0.25) is 0 Å². The summed E-state index contributed by atoms with van der Waals surface area (Å²) in [5.41, 5.74) is 1.39. The number of terminal acetylenes is 1. The van der Waals surface area contributed by atoms with Crippen LogP contribution in [-0.2, 0) is 6.42 Å². The number of rotatable bonds is 5. The molecule has 0 unspecified atom stereocenters. The summed E-state index contributed by atoms with van der Waals surface area (Å²) in [7, 11) is 0. The van der Waals surface area contributed by atoms with Crippen molar-refractivity contribution in [3.8, 4) is 12.3 Å². The van der Waals surface area contributed by atoms with Crippen LogP contribution in [0.5, 0.6) is 0 Å². The fourth-order valence-electron chi connectivity index (χ4n) is 1.22. The van der Waals surface area contributed by atoms with Crippen LogP contribution < -0.4 is 5.32 Å². The molecule has 0 radical (unpaired) electrons. The second kappa shape index (κ2) is 6.28. The maximum atomic E-state index is 5.11. The van der Waals surface area contributed by atoms with Gasteiger partial charge >= 0.3 is 0 Å². The molecule has 1 rings (SSSR count). The molecule has 0 aliphatic rings. The van der Waals surface area contributed by atoms with E-state index in [9.17, 15) is 0 Å². The van der Waals surface area contributed by atoms with E-state index in [1.165, 1.54) is 5.56 Å². The van der Waals surface area contributed by atoms with Gasteiger partial charge in [0.25, 0.3) is 0 Å². The van der Waals surface area contributed by atoms with E-state index in [1.54, 1.807) is 0 Å². The molecular formula is C12H15N. The molecule has 68 valence electrons. The molecule has 1 N–H and O–H groups in total. The molecule has 0 bridgehead atoms. The minimum absolute atomic E-state index is 0.675. The van der Waals surface area contributed by atoms with E-state index in [-0.39, 0.29) is 0 Å². The van der Waals surface area contributed by atoms with Crippen molar-refractivity contribution in [2.75, 3.05) is 13.1 Å². The van der Waals surface area contributed by atoms with Gasteiger partial charge in [-0.2, -0.15) is 0 Å². The van der Waals surface area contributed by atoms with Gasteiger partial charge in [0, 0.05) is 0 Å². The molecule has 1 aromatic rings. The van der Waals surface area contributed by atoms with Crippen molar-refractivity contribution >= 4 is 0 Å². The van der Waals surface area contributed by atoms with E-state index in [0.29, 0.717) is 6.54 Å². The summed E-state index contributed by atoms with van der Waals surface area (Å²) in [5, 5.41) is 3.17. The zero-order valence-corrected chi connectivity index (χ0v) is 7.79. The van der Waals surface area contributed by atoms with E-state index in [1.807, 2.05) is 6.07 Å². The van der Waals surface area contributed by atoms with Crippen molar-refractivity contribution in [3.63, 3.8) is 0 Å². The minimum atomic E-state index is 0.675. The molecule has 0 aliphatic heterocycles. The van der Waals surface area contributed by atoms with Crippen LogP contribution in [-0.4, -0.2) is 13.1 Å². The Morgan fingerprint density at radius 2 is 2.00 bits per heavy atom. The highest BCUT2D eigenvalue weighted by Crippen LogP contribution is 2.00. The van der Waals surface area contributed by atoms with E-state index in [2.05, 4.69) is 35.5 Å². The molecule has 0 saturated heterocycles. The molecular weight excluding hydrogens is 158 g/mol. The van der Waals surface area contributed by atoms with Crippen molar-refractivity contribution in [3.05, 3.63) is 35.9 Å². The highest BCUT2D eigenvalue weighted by molar-refractivity contribution is 5.14. The van der Waals surface area contributed by atoms with Crippen molar-refractivity contribution in [2.45, 2.75) is 12.8 Å². The van der Waals surface area contributed by atoms with Gasteiger partial charge in [-0.25, -0.2) is 0 Å². The molecule has 1 heteroatoms. The van der Waals surface area contributed by atoms with Gasteiger partial charge in [0.15, 0.2) is 0 Å². The van der Waals surface area contributed by atoms with Gasteiger partial charge in [-0.3, -0.25) is 0 Å². The number of aryl methyl sites for hydroxylation is 1. The molecule has 0 amide bonds. The Morgan fingerprint density at radius 1 is 1.23 bits per heavy atom. The van der Waals surface area contributed by atoms with Crippen molar-refractivity contribution < 1.29 is 0 Å². The summed E-state index contributed by atoms with van der Waals surface area (Å²) in [5.74, 6) is 2.56. The van der Waals surface area contributed by atoms with Gasteiger partial charge in [0.05, 0.1) is 6.54 Å². The quantitative estimate of drug-likeness (QED) is 0.529. The summed E-state index contributed by atoms with van der Waals surface area (Å²) in [4.78, 5) is 0. The molecule has 1 aromatic carbocycles. The van der Waals surface area contributed by atoms with E-state index in [4.69, 9.17) is 6.42 Å². The molecule has 0 aliphatic carbocycles. The lowest BCUT2D eigenvalue weighted by molar-refractivity contribution is 0.698. The normalized spacial score (nSPS) is 9.46. The van der Waals surface area contributed by atoms with E-state index < -0.39 is 0 Å². The Hall–Kier alpha value is -1.26. The first-order valence-corrected chi connectivity index (χ1v) is 4.61. The predicted molar refractivity (Wildman–Crippen MR) is 56.5 cm³/mol. The van der Waals surface area contributed by atoms with Crippen LogP contribution in [0.25, 0.3) is 0 Å². The largest absolute Gasteiger partial charge is 0.306 e. The van der Waals surface area contributed by atoms with Crippen LogP contribution in [0.3, 0.4) is 0 Å². The van der Waals surface area contributed by atoms with Crippen molar-refractivity contribution in [2.24, 2.45) is 0 Å². The molecule has 0 atom stereocenters. The molecule has 1 nitrogen and oxygen atoms in total. The summed E-state index contributed by atoms with van der Waals surface area (Å²) in [6.45, 7) is 1.67. The number of benzene rings is 1. The maximum absolute atomic E-state index is 5.11. The maximum Gasteiger partial charge on any atom is 0.0573 e. The minimum Gasteiger partial charge on any atom is -0.306 e. The van der Waals surface area contributed by atoms with Gasteiger partial charge in [0.2, 0.25) is 0 Å². The fraction of sp³-hybridized carbons (Fsp3) is 0.333. The second-order valence-corrected chi connectivity index (χ2v) is 2.97. The van der Waals surface area contributed by atoms with Gasteiger partial charge in [-0.1, -0.05) is 36.3 Å². The number of hydrogen-bond donors (Lipinski definition) is 1.